The molecular formula is C23H25FN6O4S. The highest BCUT2D eigenvalue weighted by Crippen LogP contribution is 2.35. The minimum Gasteiger partial charge on any atom is -0.482 e. The number of aryl methyl sites for hydroxylation is 1. The number of anilines is 5. The fraction of sp³-hybridized carbons (Fsp3) is 0.261. The van der Waals surface area contributed by atoms with Gasteiger partial charge in [0.25, 0.3) is 5.91 Å². The van der Waals surface area contributed by atoms with Crippen LogP contribution >= 0.6 is 0 Å². The second-order valence-corrected chi connectivity index (χ2v) is 9.70. The predicted octanol–water partition coefficient (Wildman–Crippen LogP) is 3.45. The van der Waals surface area contributed by atoms with Crippen LogP contribution in [0.5, 0.6) is 5.75 Å². The van der Waals surface area contributed by atoms with Gasteiger partial charge in [-0.1, -0.05) is 13.0 Å². The minimum atomic E-state index is -3.66. The van der Waals surface area contributed by atoms with Gasteiger partial charge >= 0.3 is 0 Å². The third-order valence-electron chi connectivity index (χ3n) is 5.36. The lowest BCUT2D eigenvalue weighted by molar-refractivity contribution is -0.121. The zero-order chi connectivity index (χ0) is 25.2. The number of aromatic nitrogens is 2. The molecule has 10 nitrogen and oxygen atoms in total. The van der Waals surface area contributed by atoms with E-state index in [2.05, 4.69) is 25.3 Å². The van der Waals surface area contributed by atoms with Crippen molar-refractivity contribution in [2.45, 2.75) is 25.2 Å². The van der Waals surface area contributed by atoms with Crippen molar-refractivity contribution in [3.8, 4) is 5.75 Å². The summed E-state index contributed by atoms with van der Waals surface area (Å²) in [5.74, 6) is -0.291. The molecule has 0 radical (unpaired) electrons. The SMILES string of the molecule is CCCN1C(=O)COc2ccc(Nc3nc(Nc4ccc(C)c(S(=O)(=O)NC)c4)ncc3F)cc21. The molecule has 1 aromatic heterocycles. The Morgan fingerprint density at radius 3 is 2.63 bits per heavy atom. The second-order valence-electron chi connectivity index (χ2n) is 7.84. The Balaban J connectivity index is 1.60. The van der Waals surface area contributed by atoms with Crippen LogP contribution in [0.2, 0.25) is 0 Å². The number of amides is 1. The van der Waals surface area contributed by atoms with Crippen LogP contribution in [0, 0.1) is 12.7 Å². The molecule has 0 unspecified atom stereocenters. The topological polar surface area (TPSA) is 126 Å². The number of rotatable bonds is 8. The Morgan fingerprint density at radius 2 is 1.89 bits per heavy atom. The minimum absolute atomic E-state index is 0.0221. The smallest absolute Gasteiger partial charge is 0.265 e. The van der Waals surface area contributed by atoms with Crippen molar-refractivity contribution < 1.29 is 22.3 Å². The summed E-state index contributed by atoms with van der Waals surface area (Å²) < 4.78 is 46.8. The molecule has 35 heavy (non-hydrogen) atoms. The molecule has 3 aromatic rings. The van der Waals surface area contributed by atoms with Crippen LogP contribution in [0.25, 0.3) is 0 Å². The molecule has 0 saturated carbocycles. The average molecular weight is 501 g/mol. The van der Waals surface area contributed by atoms with Gasteiger partial charge in [0.1, 0.15) is 5.75 Å². The van der Waals surface area contributed by atoms with Crippen LogP contribution in [0.15, 0.2) is 47.5 Å². The van der Waals surface area contributed by atoms with E-state index < -0.39 is 15.8 Å². The fourth-order valence-corrected chi connectivity index (χ4v) is 4.60. The lowest BCUT2D eigenvalue weighted by atomic mass is 10.2. The molecule has 1 amide bonds. The molecule has 1 aliphatic rings. The van der Waals surface area contributed by atoms with E-state index in [1.165, 1.54) is 13.1 Å². The Hall–Kier alpha value is -3.77. The van der Waals surface area contributed by atoms with Crippen molar-refractivity contribution in [3.05, 3.63) is 54.0 Å². The maximum Gasteiger partial charge on any atom is 0.265 e. The van der Waals surface area contributed by atoms with Gasteiger partial charge in [0, 0.05) is 17.9 Å². The predicted molar refractivity (Wildman–Crippen MR) is 131 cm³/mol. The monoisotopic (exact) mass is 500 g/mol. The Kier molecular flexibility index (Phi) is 6.85. The van der Waals surface area contributed by atoms with Gasteiger partial charge in [0.2, 0.25) is 16.0 Å². The van der Waals surface area contributed by atoms with Crippen molar-refractivity contribution in [2.24, 2.45) is 0 Å². The first-order valence-electron chi connectivity index (χ1n) is 10.9. The number of carbonyl (C=O) groups is 1. The Bertz CT molecular complexity index is 1380. The lowest BCUT2D eigenvalue weighted by Crippen LogP contribution is -2.39. The number of hydrogen-bond donors (Lipinski definition) is 3. The lowest BCUT2D eigenvalue weighted by Gasteiger charge is -2.29. The first-order valence-corrected chi connectivity index (χ1v) is 12.4. The normalized spacial score (nSPS) is 13.3. The molecule has 184 valence electrons. The third-order valence-corrected chi connectivity index (χ3v) is 6.91. The molecule has 1 aliphatic heterocycles. The molecule has 3 N–H and O–H groups in total. The van der Waals surface area contributed by atoms with Crippen LogP contribution in [0.4, 0.5) is 33.2 Å². The number of carbonyl (C=O) groups excluding carboxylic acids is 1. The summed E-state index contributed by atoms with van der Waals surface area (Å²) in [7, 11) is -2.33. The summed E-state index contributed by atoms with van der Waals surface area (Å²) in [5.41, 5.74) is 2.09. The van der Waals surface area contributed by atoms with Crippen LogP contribution in [-0.4, -0.2) is 44.5 Å². The molecule has 0 aliphatic carbocycles. The first kappa shape index (κ1) is 24.4. The van der Waals surface area contributed by atoms with Crippen LogP contribution in [0.1, 0.15) is 18.9 Å². The fourth-order valence-electron chi connectivity index (χ4n) is 3.61. The highest BCUT2D eigenvalue weighted by molar-refractivity contribution is 7.89. The number of fused-ring (bicyclic) bond motifs is 1. The second kappa shape index (κ2) is 9.84. The van der Waals surface area contributed by atoms with Gasteiger partial charge in [0.05, 0.1) is 16.8 Å². The summed E-state index contributed by atoms with van der Waals surface area (Å²) in [4.78, 5) is 22.2. The number of ether oxygens (including phenoxy) is 1. The van der Waals surface area contributed by atoms with Gasteiger partial charge < -0.3 is 20.3 Å². The van der Waals surface area contributed by atoms with Gasteiger partial charge in [-0.25, -0.2) is 22.5 Å². The number of nitrogens with zero attached hydrogens (tertiary/aromatic N) is 3. The largest absolute Gasteiger partial charge is 0.482 e. The standard InChI is InChI=1S/C23H25FN6O4S/c1-4-9-30-18-10-15(7-8-19(18)34-13-21(30)31)27-22-17(24)12-26-23(29-22)28-16-6-5-14(2)20(11-16)35(32,33)25-3/h5-8,10-12,25H,4,9,13H2,1-3H3,(H2,26,27,28,29). The summed E-state index contributed by atoms with van der Waals surface area (Å²) in [6.45, 7) is 4.17. The van der Waals surface area contributed by atoms with Crippen LogP contribution < -0.4 is 25.0 Å². The number of halogens is 1. The van der Waals surface area contributed by atoms with Gasteiger partial charge in [0.15, 0.2) is 18.2 Å². The van der Waals surface area contributed by atoms with Crippen molar-refractivity contribution in [1.82, 2.24) is 14.7 Å². The van der Waals surface area contributed by atoms with E-state index in [9.17, 15) is 17.6 Å². The zero-order valence-corrected chi connectivity index (χ0v) is 20.2. The molecule has 0 bridgehead atoms. The van der Waals surface area contributed by atoms with Gasteiger partial charge in [-0.05, 0) is 56.3 Å². The molecule has 4 rings (SSSR count). The first-order chi connectivity index (χ1) is 16.7. The number of benzene rings is 2. The molecule has 2 aromatic carbocycles. The zero-order valence-electron chi connectivity index (χ0n) is 19.4. The molecule has 0 fully saturated rings. The van der Waals surface area contributed by atoms with Gasteiger partial charge in [-0.2, -0.15) is 4.98 Å². The van der Waals surface area contributed by atoms with Crippen molar-refractivity contribution in [3.63, 3.8) is 0 Å². The third kappa shape index (κ3) is 5.17. The summed E-state index contributed by atoms with van der Waals surface area (Å²) in [6, 6.07) is 9.87. The maximum absolute atomic E-state index is 14.5. The summed E-state index contributed by atoms with van der Waals surface area (Å²) in [6.07, 6.45) is 1.78. The van der Waals surface area contributed by atoms with E-state index in [4.69, 9.17) is 4.74 Å². The average Bonchev–Trinajstić information content (AvgIpc) is 2.84. The Labute approximate surface area is 202 Å². The number of nitrogens with one attached hydrogen (secondary N) is 3. The molecule has 2 heterocycles. The number of hydrogen-bond acceptors (Lipinski definition) is 8. The van der Waals surface area contributed by atoms with Gasteiger partial charge in [-0.3, -0.25) is 4.79 Å². The van der Waals surface area contributed by atoms with E-state index in [1.807, 2.05) is 6.92 Å². The maximum atomic E-state index is 14.5. The van der Waals surface area contributed by atoms with E-state index in [0.29, 0.717) is 34.9 Å². The molecule has 0 atom stereocenters. The van der Waals surface area contributed by atoms with E-state index in [-0.39, 0.29) is 29.2 Å². The summed E-state index contributed by atoms with van der Waals surface area (Å²) >= 11 is 0. The molecular weight excluding hydrogens is 475 g/mol. The number of sulfonamides is 1. The van der Waals surface area contributed by atoms with Crippen molar-refractivity contribution in [2.75, 3.05) is 35.7 Å². The molecule has 0 spiro atoms. The molecule has 0 saturated heterocycles. The van der Waals surface area contributed by atoms with Gasteiger partial charge in [-0.15, -0.1) is 0 Å². The van der Waals surface area contributed by atoms with Crippen molar-refractivity contribution in [1.29, 1.82) is 0 Å². The van der Waals surface area contributed by atoms with Crippen LogP contribution in [-0.2, 0) is 14.8 Å². The molecule has 12 heteroatoms. The quantitative estimate of drug-likeness (QED) is 0.429. The van der Waals surface area contributed by atoms with E-state index >= 15 is 0 Å². The van der Waals surface area contributed by atoms with E-state index in [1.54, 1.807) is 42.2 Å². The summed E-state index contributed by atoms with van der Waals surface area (Å²) in [5, 5.41) is 5.82. The highest BCUT2D eigenvalue weighted by atomic mass is 32.2. The van der Waals surface area contributed by atoms with Crippen LogP contribution in [0.3, 0.4) is 0 Å². The van der Waals surface area contributed by atoms with Crippen molar-refractivity contribution >= 4 is 44.8 Å². The Morgan fingerprint density at radius 1 is 1.14 bits per heavy atom. The highest BCUT2D eigenvalue weighted by Gasteiger charge is 2.25. The van der Waals surface area contributed by atoms with E-state index in [0.717, 1.165) is 12.6 Å².